The molecule has 0 fully saturated rings. The molecule has 0 aromatic heterocycles. The number of carbonyl (C=O) groups is 2. The Labute approximate surface area is 185 Å². The molecule has 0 saturated heterocycles. The van der Waals surface area contributed by atoms with Gasteiger partial charge in [-0.1, -0.05) is 0 Å². The third-order valence-electron chi connectivity index (χ3n) is 6.73. The zero-order chi connectivity index (χ0) is 23.0. The summed E-state index contributed by atoms with van der Waals surface area (Å²) in [7, 11) is 0. The third kappa shape index (κ3) is 2.59. The highest BCUT2D eigenvalue weighted by Crippen LogP contribution is 2.50. The van der Waals surface area contributed by atoms with E-state index in [9.17, 15) is 29.8 Å². The first-order valence-corrected chi connectivity index (χ1v) is 10.4. The summed E-state index contributed by atoms with van der Waals surface area (Å²) < 4.78 is 4.98. The Bertz CT molecular complexity index is 1380. The number of aryl methyl sites for hydroxylation is 2. The van der Waals surface area contributed by atoms with Crippen LogP contribution in [0, 0.1) is 20.2 Å². The second kappa shape index (κ2) is 6.55. The number of hydrogen-bond donors (Lipinski definition) is 0. The third-order valence-corrected chi connectivity index (χ3v) is 6.73. The summed E-state index contributed by atoms with van der Waals surface area (Å²) in [5.74, 6) is -1.34. The second-order valence-corrected chi connectivity index (χ2v) is 8.33. The lowest BCUT2D eigenvalue weighted by atomic mass is 9.72. The van der Waals surface area contributed by atoms with Gasteiger partial charge < -0.3 is 4.74 Å². The predicted molar refractivity (Wildman–Crippen MR) is 115 cm³/mol. The van der Waals surface area contributed by atoms with Gasteiger partial charge in [-0.05, 0) is 82.3 Å². The standard InChI is InChI=1S/C24H14N2O7/c27-23-21-17-5-1-11-9-13(25(29)30)3-7-15(11)19(17)20-16-8-4-14(26(31)32)10-12(16)2-6-18(20)22(21)24(28)33-23/h3-4,7-10H,1-2,5-6H2. The zero-order valence-electron chi connectivity index (χ0n) is 17.0. The molecule has 0 bridgehead atoms. The van der Waals surface area contributed by atoms with E-state index in [2.05, 4.69) is 0 Å². The van der Waals surface area contributed by atoms with Crippen molar-refractivity contribution in [1.29, 1.82) is 0 Å². The Morgan fingerprint density at radius 2 is 1.06 bits per heavy atom. The van der Waals surface area contributed by atoms with Crippen LogP contribution in [0.1, 0.15) is 43.0 Å². The van der Waals surface area contributed by atoms with E-state index in [1.54, 1.807) is 24.3 Å². The molecule has 6 rings (SSSR count). The zero-order valence-corrected chi connectivity index (χ0v) is 17.0. The van der Waals surface area contributed by atoms with Crippen molar-refractivity contribution >= 4 is 23.3 Å². The highest BCUT2D eigenvalue weighted by Gasteiger charge is 2.41. The summed E-state index contributed by atoms with van der Waals surface area (Å²) in [5.41, 5.74) is 6.50. The van der Waals surface area contributed by atoms with Crippen LogP contribution in [-0.2, 0) is 30.4 Å². The van der Waals surface area contributed by atoms with Crippen LogP contribution < -0.4 is 0 Å². The summed E-state index contributed by atoms with van der Waals surface area (Å²) in [6.07, 6.45) is 1.79. The number of rotatable bonds is 2. The van der Waals surface area contributed by atoms with E-state index in [-0.39, 0.29) is 22.5 Å². The van der Waals surface area contributed by atoms with E-state index in [0.29, 0.717) is 36.8 Å². The van der Waals surface area contributed by atoms with Gasteiger partial charge >= 0.3 is 11.9 Å². The van der Waals surface area contributed by atoms with Crippen molar-refractivity contribution in [1.82, 2.24) is 0 Å². The molecule has 2 aliphatic carbocycles. The molecule has 0 unspecified atom stereocenters. The first-order chi connectivity index (χ1) is 15.8. The van der Waals surface area contributed by atoms with Gasteiger partial charge in [-0.2, -0.15) is 0 Å². The number of esters is 2. The van der Waals surface area contributed by atoms with Gasteiger partial charge in [0.2, 0.25) is 0 Å². The maximum absolute atomic E-state index is 12.6. The van der Waals surface area contributed by atoms with Crippen molar-refractivity contribution in [3.63, 3.8) is 0 Å². The summed E-state index contributed by atoms with van der Waals surface area (Å²) in [5, 5.41) is 22.6. The minimum Gasteiger partial charge on any atom is -0.386 e. The smallest absolute Gasteiger partial charge is 0.347 e. The van der Waals surface area contributed by atoms with Gasteiger partial charge in [0.15, 0.2) is 0 Å². The van der Waals surface area contributed by atoms with Crippen molar-refractivity contribution in [3.8, 4) is 22.3 Å². The molecule has 1 heterocycles. The van der Waals surface area contributed by atoms with Gasteiger partial charge in [0.05, 0.1) is 21.0 Å². The topological polar surface area (TPSA) is 130 Å². The fraction of sp³-hybridized carbons (Fsp3) is 0.167. The van der Waals surface area contributed by atoms with Gasteiger partial charge in [-0.3, -0.25) is 20.2 Å². The molecule has 9 heteroatoms. The molecule has 9 nitrogen and oxygen atoms in total. The lowest BCUT2D eigenvalue weighted by Gasteiger charge is -2.30. The molecule has 0 radical (unpaired) electrons. The quantitative estimate of drug-likeness (QED) is 0.250. The fourth-order valence-corrected chi connectivity index (χ4v) is 5.39. The lowest BCUT2D eigenvalue weighted by Crippen LogP contribution is -2.17. The normalized spacial score (nSPS) is 15.0. The molecule has 0 amide bonds. The number of nitrogens with zero attached hydrogens (tertiary/aromatic N) is 2. The highest BCUT2D eigenvalue weighted by molar-refractivity contribution is 6.19. The van der Waals surface area contributed by atoms with Crippen molar-refractivity contribution in [3.05, 3.63) is 90.0 Å². The Hall–Kier alpha value is -4.40. The predicted octanol–water partition coefficient (Wildman–Crippen LogP) is 4.34. The molecule has 3 aromatic carbocycles. The number of cyclic esters (lactones) is 2. The summed E-state index contributed by atoms with van der Waals surface area (Å²) in [6.45, 7) is 0. The number of nitro benzene ring substituents is 2. The average molecular weight is 442 g/mol. The minimum atomic E-state index is -0.672. The lowest BCUT2D eigenvalue weighted by molar-refractivity contribution is -0.385. The number of ether oxygens (including phenoxy) is 1. The maximum atomic E-state index is 12.6. The number of non-ortho nitro benzene ring substituents is 2. The van der Waals surface area contributed by atoms with Crippen LogP contribution in [0.15, 0.2) is 36.4 Å². The van der Waals surface area contributed by atoms with Gasteiger partial charge in [-0.25, -0.2) is 9.59 Å². The van der Waals surface area contributed by atoms with E-state index < -0.39 is 21.8 Å². The molecular weight excluding hydrogens is 428 g/mol. The SMILES string of the molecule is O=C1OC(=O)c2c3c(c4c(c21)CCc1cc([N+](=O)[O-])ccc1-4)-c1ccc([N+](=O)[O-])cc1CC3. The molecule has 0 atom stereocenters. The average Bonchev–Trinajstić information content (AvgIpc) is 3.11. The largest absolute Gasteiger partial charge is 0.386 e. The van der Waals surface area contributed by atoms with Crippen molar-refractivity contribution < 1.29 is 24.2 Å². The van der Waals surface area contributed by atoms with E-state index in [4.69, 9.17) is 4.74 Å². The van der Waals surface area contributed by atoms with E-state index in [1.807, 2.05) is 0 Å². The molecule has 0 spiro atoms. The van der Waals surface area contributed by atoms with Gasteiger partial charge in [-0.15, -0.1) is 0 Å². The van der Waals surface area contributed by atoms with Crippen LogP contribution >= 0.6 is 0 Å². The molecule has 162 valence electrons. The van der Waals surface area contributed by atoms with Crippen LogP contribution in [-0.4, -0.2) is 21.8 Å². The van der Waals surface area contributed by atoms with Crippen molar-refractivity contribution in [2.45, 2.75) is 25.7 Å². The first-order valence-electron chi connectivity index (χ1n) is 10.4. The molecule has 1 aliphatic heterocycles. The van der Waals surface area contributed by atoms with Gasteiger partial charge in [0.25, 0.3) is 11.4 Å². The summed E-state index contributed by atoms with van der Waals surface area (Å²) in [6, 6.07) is 9.30. The molecular formula is C24H14N2O7. The molecule has 0 saturated carbocycles. The van der Waals surface area contributed by atoms with Crippen molar-refractivity contribution in [2.24, 2.45) is 0 Å². The van der Waals surface area contributed by atoms with Crippen LogP contribution in [0.3, 0.4) is 0 Å². The number of benzene rings is 3. The molecule has 3 aromatic rings. The number of fused-ring (bicyclic) bond motifs is 10. The summed E-state index contributed by atoms with van der Waals surface area (Å²) >= 11 is 0. The van der Waals surface area contributed by atoms with Crippen molar-refractivity contribution in [2.75, 3.05) is 0 Å². The Morgan fingerprint density at radius 1 is 0.636 bits per heavy atom. The Morgan fingerprint density at radius 3 is 1.45 bits per heavy atom. The fourth-order valence-electron chi connectivity index (χ4n) is 5.39. The van der Waals surface area contributed by atoms with Crippen LogP contribution in [0.4, 0.5) is 11.4 Å². The van der Waals surface area contributed by atoms with E-state index in [1.165, 1.54) is 12.1 Å². The molecule has 33 heavy (non-hydrogen) atoms. The van der Waals surface area contributed by atoms with E-state index in [0.717, 1.165) is 33.4 Å². The number of carbonyl (C=O) groups excluding carboxylic acids is 2. The van der Waals surface area contributed by atoms with Gasteiger partial charge in [0.1, 0.15) is 0 Å². The summed E-state index contributed by atoms with van der Waals surface area (Å²) in [4.78, 5) is 47.0. The van der Waals surface area contributed by atoms with Crippen LogP contribution in [0.25, 0.3) is 22.3 Å². The molecule has 0 N–H and O–H groups in total. The van der Waals surface area contributed by atoms with Crippen LogP contribution in [0.5, 0.6) is 0 Å². The van der Waals surface area contributed by atoms with Crippen LogP contribution in [0.2, 0.25) is 0 Å². The van der Waals surface area contributed by atoms with Gasteiger partial charge in [0, 0.05) is 24.3 Å². The maximum Gasteiger partial charge on any atom is 0.347 e. The first kappa shape index (κ1) is 19.3. The highest BCUT2D eigenvalue weighted by atomic mass is 16.6. The number of nitro groups is 2. The Balaban J connectivity index is 1.72. The number of hydrogen-bond acceptors (Lipinski definition) is 7. The molecule has 3 aliphatic rings. The van der Waals surface area contributed by atoms with E-state index >= 15 is 0 Å². The Kier molecular flexibility index (Phi) is 3.83. The monoisotopic (exact) mass is 442 g/mol. The minimum absolute atomic E-state index is 0.0159. The second-order valence-electron chi connectivity index (χ2n) is 8.33.